The number of hydrogen-bond acceptors (Lipinski definition) is 10. The minimum Gasteiger partial charge on any atom is -0.494 e. The predicted molar refractivity (Wildman–Crippen MR) is 275 cm³/mol. The van der Waals surface area contributed by atoms with Crippen molar-refractivity contribution in [3.05, 3.63) is 161 Å². The fourth-order valence-electron chi connectivity index (χ4n) is 7.73. The lowest BCUT2D eigenvalue weighted by atomic mass is 10.1. The monoisotopic (exact) mass is 964 g/mol. The van der Waals surface area contributed by atoms with Gasteiger partial charge in [0.15, 0.2) is 0 Å². The standard InChI is InChI=1S/C60H65FO10/c1-4-6-8-10-11-12-13-14-16-18-38-67-50-29-23-46(24-30-50)58(63)68-51-31-25-47(26-32-51)59(64)70-52-33-21-45-22-34-53(41-48(45)40-52)71-60(65)55-36-35-54(42-56(55)61)69-57(62)43(3)39-44-19-27-49(28-20-44)66-37-17-15-9-7-5-2/h19-36,39-42H,4-18,37-38H2,1-3H3/b43-39+. The van der Waals surface area contributed by atoms with Gasteiger partial charge in [-0.25, -0.2) is 23.6 Å². The van der Waals surface area contributed by atoms with E-state index in [1.807, 2.05) is 24.3 Å². The highest BCUT2D eigenvalue weighted by molar-refractivity contribution is 5.96. The van der Waals surface area contributed by atoms with Crippen LogP contribution in [0.2, 0.25) is 0 Å². The molecule has 6 aromatic rings. The van der Waals surface area contributed by atoms with Crippen LogP contribution in [0.3, 0.4) is 0 Å². The van der Waals surface area contributed by atoms with Gasteiger partial charge in [0.25, 0.3) is 0 Å². The smallest absolute Gasteiger partial charge is 0.346 e. The molecule has 0 aromatic heterocycles. The van der Waals surface area contributed by atoms with Gasteiger partial charge >= 0.3 is 23.9 Å². The van der Waals surface area contributed by atoms with Crippen LogP contribution in [0, 0.1) is 5.82 Å². The Hall–Kier alpha value is -7.27. The first kappa shape index (κ1) is 53.1. The molecule has 0 aliphatic rings. The van der Waals surface area contributed by atoms with E-state index in [4.69, 9.17) is 28.4 Å². The summed E-state index contributed by atoms with van der Waals surface area (Å²) < 4.78 is 49.0. The molecule has 0 aliphatic carbocycles. The number of rotatable bonds is 28. The lowest BCUT2D eigenvalue weighted by Gasteiger charge is -2.10. The Morgan fingerprint density at radius 1 is 0.423 bits per heavy atom. The SMILES string of the molecule is CCCCCCCCCCCCOc1ccc(C(=O)Oc2ccc(C(=O)Oc3ccc4ccc(OC(=O)c5ccc(OC(=O)/C(C)=C/c6ccc(OCCCCCCC)cc6)cc5F)cc4c3)cc2)cc1. The Balaban J connectivity index is 0.936. The molecule has 0 heterocycles. The van der Waals surface area contributed by atoms with Gasteiger partial charge in [-0.15, -0.1) is 0 Å². The van der Waals surface area contributed by atoms with E-state index in [0.717, 1.165) is 48.4 Å². The van der Waals surface area contributed by atoms with E-state index >= 15 is 4.39 Å². The van der Waals surface area contributed by atoms with Crippen molar-refractivity contribution in [2.45, 2.75) is 117 Å². The third-order valence-corrected chi connectivity index (χ3v) is 11.8. The van der Waals surface area contributed by atoms with Gasteiger partial charge in [0.05, 0.1) is 29.9 Å². The number of halogens is 1. The summed E-state index contributed by atoms with van der Waals surface area (Å²) in [7, 11) is 0. The molecule has 0 aliphatic heterocycles. The molecule has 10 nitrogen and oxygen atoms in total. The maximum atomic E-state index is 15.2. The summed E-state index contributed by atoms with van der Waals surface area (Å²) in [4.78, 5) is 51.9. The summed E-state index contributed by atoms with van der Waals surface area (Å²) in [6.45, 7) is 7.30. The minimum absolute atomic E-state index is 0.0797. The zero-order chi connectivity index (χ0) is 50.2. The largest absolute Gasteiger partial charge is 0.494 e. The van der Waals surface area contributed by atoms with E-state index in [0.29, 0.717) is 35.5 Å². The summed E-state index contributed by atoms with van der Waals surface area (Å²) in [5.41, 5.74) is 1.28. The lowest BCUT2D eigenvalue weighted by molar-refractivity contribution is -0.130. The molecule has 71 heavy (non-hydrogen) atoms. The third-order valence-electron chi connectivity index (χ3n) is 11.8. The van der Waals surface area contributed by atoms with Crippen LogP contribution in [0.1, 0.15) is 154 Å². The summed E-state index contributed by atoms with van der Waals surface area (Å²) >= 11 is 0. The van der Waals surface area contributed by atoms with Crippen LogP contribution in [-0.2, 0) is 4.79 Å². The number of unbranched alkanes of at least 4 members (excludes halogenated alkanes) is 13. The van der Waals surface area contributed by atoms with E-state index in [1.165, 1.54) is 107 Å². The maximum absolute atomic E-state index is 15.2. The van der Waals surface area contributed by atoms with Gasteiger partial charge in [0.1, 0.15) is 40.3 Å². The Bertz CT molecular complexity index is 2690. The summed E-state index contributed by atoms with van der Waals surface area (Å²) in [5, 5.41) is 1.35. The van der Waals surface area contributed by atoms with Gasteiger partial charge < -0.3 is 28.4 Å². The quantitative estimate of drug-likeness (QED) is 0.0203. The van der Waals surface area contributed by atoms with Crippen molar-refractivity contribution >= 4 is 40.7 Å². The molecule has 0 saturated carbocycles. The van der Waals surface area contributed by atoms with Crippen LogP contribution in [-0.4, -0.2) is 37.1 Å². The zero-order valence-electron chi connectivity index (χ0n) is 41.2. The molecule has 0 radical (unpaired) electrons. The van der Waals surface area contributed by atoms with Gasteiger partial charge in [-0.1, -0.05) is 122 Å². The lowest BCUT2D eigenvalue weighted by Crippen LogP contribution is -2.12. The second kappa shape index (κ2) is 28.4. The highest BCUT2D eigenvalue weighted by atomic mass is 19.1. The molecule has 0 N–H and O–H groups in total. The second-order valence-electron chi connectivity index (χ2n) is 17.6. The van der Waals surface area contributed by atoms with Crippen LogP contribution >= 0.6 is 0 Å². The minimum atomic E-state index is -0.964. The fourth-order valence-corrected chi connectivity index (χ4v) is 7.73. The average molecular weight is 965 g/mol. The molecule has 0 atom stereocenters. The van der Waals surface area contributed by atoms with E-state index in [2.05, 4.69) is 13.8 Å². The molecule has 11 heteroatoms. The van der Waals surface area contributed by atoms with Crippen molar-refractivity contribution in [1.29, 1.82) is 0 Å². The van der Waals surface area contributed by atoms with Crippen molar-refractivity contribution in [2.24, 2.45) is 0 Å². The number of carbonyl (C=O) groups is 4. The topological polar surface area (TPSA) is 124 Å². The van der Waals surface area contributed by atoms with Crippen molar-refractivity contribution in [3.8, 4) is 34.5 Å². The highest BCUT2D eigenvalue weighted by Gasteiger charge is 2.18. The van der Waals surface area contributed by atoms with Gasteiger partial charge in [-0.2, -0.15) is 0 Å². The van der Waals surface area contributed by atoms with Crippen molar-refractivity contribution in [2.75, 3.05) is 13.2 Å². The molecule has 0 saturated heterocycles. The summed E-state index contributed by atoms with van der Waals surface area (Å²) in [6, 6.07) is 33.5. The van der Waals surface area contributed by atoms with Crippen LogP contribution in [0.5, 0.6) is 34.5 Å². The first-order chi connectivity index (χ1) is 34.6. The Morgan fingerprint density at radius 2 is 0.831 bits per heavy atom. The Labute approximate surface area is 417 Å². The number of ether oxygens (including phenoxy) is 6. The van der Waals surface area contributed by atoms with Crippen LogP contribution < -0.4 is 28.4 Å². The Kier molecular flexibility index (Phi) is 21.2. The number of hydrogen-bond donors (Lipinski definition) is 0. The Morgan fingerprint density at radius 3 is 1.34 bits per heavy atom. The van der Waals surface area contributed by atoms with E-state index in [-0.39, 0.29) is 34.1 Å². The first-order valence-corrected chi connectivity index (χ1v) is 25.0. The van der Waals surface area contributed by atoms with Gasteiger partial charge in [-0.05, 0) is 139 Å². The van der Waals surface area contributed by atoms with Crippen molar-refractivity contribution in [3.63, 3.8) is 0 Å². The molecule has 6 aromatic carbocycles. The number of carbonyl (C=O) groups excluding carboxylic acids is 4. The van der Waals surface area contributed by atoms with Crippen molar-refractivity contribution in [1.82, 2.24) is 0 Å². The normalized spacial score (nSPS) is 11.2. The molecule has 0 fully saturated rings. The number of benzene rings is 6. The molecular weight excluding hydrogens is 900 g/mol. The van der Waals surface area contributed by atoms with Gasteiger partial charge in [-0.3, -0.25) is 0 Å². The van der Waals surface area contributed by atoms with E-state index < -0.39 is 29.7 Å². The van der Waals surface area contributed by atoms with Crippen LogP contribution in [0.15, 0.2) is 133 Å². The van der Waals surface area contributed by atoms with E-state index in [9.17, 15) is 19.2 Å². The number of fused-ring (bicyclic) bond motifs is 1. The molecule has 0 bridgehead atoms. The van der Waals surface area contributed by atoms with E-state index in [1.54, 1.807) is 73.7 Å². The molecule has 0 unspecified atom stereocenters. The first-order valence-electron chi connectivity index (χ1n) is 25.0. The summed E-state index contributed by atoms with van der Waals surface area (Å²) in [5.74, 6) is -1.80. The van der Waals surface area contributed by atoms with Crippen LogP contribution in [0.25, 0.3) is 16.8 Å². The molecule has 6 rings (SSSR count). The predicted octanol–water partition coefficient (Wildman–Crippen LogP) is 15.3. The van der Waals surface area contributed by atoms with Crippen LogP contribution in [0.4, 0.5) is 4.39 Å². The third kappa shape index (κ3) is 17.6. The zero-order valence-corrected chi connectivity index (χ0v) is 41.2. The second-order valence-corrected chi connectivity index (χ2v) is 17.6. The number of esters is 4. The van der Waals surface area contributed by atoms with Crippen molar-refractivity contribution < 1.29 is 52.0 Å². The average Bonchev–Trinajstić information content (AvgIpc) is 3.37. The van der Waals surface area contributed by atoms with Gasteiger partial charge in [0.2, 0.25) is 0 Å². The fraction of sp³-hybridized carbons (Fsp3) is 0.333. The highest BCUT2D eigenvalue weighted by Crippen LogP contribution is 2.28. The maximum Gasteiger partial charge on any atom is 0.346 e. The van der Waals surface area contributed by atoms with Gasteiger partial charge in [0, 0.05) is 11.6 Å². The molecule has 0 amide bonds. The molecule has 0 spiro atoms. The summed E-state index contributed by atoms with van der Waals surface area (Å²) in [6.07, 6.45) is 20.0. The molecule has 372 valence electrons. The molecular formula is C60H65FO10.